The molecule has 0 bridgehead atoms. The zero-order valence-electron chi connectivity index (χ0n) is 29.0. The van der Waals surface area contributed by atoms with Crippen LogP contribution < -0.4 is 9.64 Å². The average molecular weight is 677 g/mol. The number of aromatic nitrogens is 1. The number of nitrogens with zero attached hydrogens (tertiary/aromatic N) is 2. The number of hydrogen-bond acceptors (Lipinski definition) is 6. The van der Waals surface area contributed by atoms with Crippen LogP contribution in [0.2, 0.25) is 0 Å². The molecule has 0 N–H and O–H groups in total. The summed E-state index contributed by atoms with van der Waals surface area (Å²) < 4.78 is 24.0. The first kappa shape index (κ1) is 32.2. The van der Waals surface area contributed by atoms with E-state index in [1.807, 2.05) is 18.3 Å². The summed E-state index contributed by atoms with van der Waals surface area (Å²) in [4.78, 5) is 6.93. The van der Waals surface area contributed by atoms with Crippen molar-refractivity contribution in [1.29, 1.82) is 0 Å². The second-order valence-electron chi connectivity index (χ2n) is 14.4. The lowest BCUT2D eigenvalue weighted by Crippen LogP contribution is -2.20. The smallest absolute Gasteiger partial charge is 0.137 e. The summed E-state index contributed by atoms with van der Waals surface area (Å²) in [5.41, 5.74) is 7.94. The van der Waals surface area contributed by atoms with Crippen LogP contribution in [0.25, 0.3) is 11.6 Å². The summed E-state index contributed by atoms with van der Waals surface area (Å²) >= 11 is 0. The van der Waals surface area contributed by atoms with Gasteiger partial charge in [0.15, 0.2) is 0 Å². The highest BCUT2D eigenvalue weighted by Gasteiger charge is 2.60. The molecule has 2 aliphatic heterocycles. The Morgan fingerprint density at radius 2 is 1.35 bits per heavy atom. The van der Waals surface area contributed by atoms with E-state index in [4.69, 9.17) is 23.9 Å². The quantitative estimate of drug-likeness (QED) is 0.0663. The fourth-order valence-electron chi connectivity index (χ4n) is 8.07. The van der Waals surface area contributed by atoms with E-state index >= 15 is 0 Å². The number of rotatable bonds is 14. The van der Waals surface area contributed by atoms with Gasteiger partial charge in [0.05, 0.1) is 25.4 Å². The summed E-state index contributed by atoms with van der Waals surface area (Å²) in [6, 6.07) is 42.5. The van der Waals surface area contributed by atoms with Gasteiger partial charge in [0.2, 0.25) is 0 Å². The van der Waals surface area contributed by atoms with Crippen LogP contribution in [0.4, 0.5) is 17.2 Å². The number of epoxide rings is 2. The van der Waals surface area contributed by atoms with Gasteiger partial charge in [-0.1, -0.05) is 72.8 Å². The van der Waals surface area contributed by atoms with Crippen LogP contribution in [0, 0.1) is 0 Å². The number of hydrogen-bond donors (Lipinski definition) is 0. The standard InChI is InChI=1S/C45H44N2O4/c1-2-8-35(9-3-1)40(36-17-23-39(24-18-36)49-32-45-27-7-11-42(45)51-45)30-34-15-21-38(22-16-34)47(43-12-4-5-28-46-43)37-19-13-33(14-20-37)25-29-48-31-44-26-6-10-41(44)50-44/h1-5,8-9,12-24,28,30,41-42H,6-7,10-11,25-27,29,31-32H2/b40-30+/t41?,42?,44-,45-/m0/s1. The molecule has 4 aromatic carbocycles. The topological polar surface area (TPSA) is 59.7 Å². The zero-order chi connectivity index (χ0) is 34.1. The summed E-state index contributed by atoms with van der Waals surface area (Å²) in [6.07, 6.45) is 12.9. The van der Waals surface area contributed by atoms with E-state index in [0.717, 1.165) is 71.9 Å². The van der Waals surface area contributed by atoms with Gasteiger partial charge in [0.25, 0.3) is 0 Å². The Bertz CT molecular complexity index is 1960. The van der Waals surface area contributed by atoms with Crippen LogP contribution in [-0.2, 0) is 20.6 Å². The Kier molecular flexibility index (Phi) is 8.68. The van der Waals surface area contributed by atoms with E-state index in [1.165, 1.54) is 30.4 Å². The molecule has 2 unspecified atom stereocenters. The molecule has 4 atom stereocenters. The SMILES string of the molecule is C(=C(/c1ccccc1)c1ccc(OC[C@@]23CCCC2O3)cc1)/c1ccc(N(c2ccc(CCOC[C@@]34CCCC3O4)cc2)c2ccccn2)cc1. The molecule has 0 amide bonds. The highest BCUT2D eigenvalue weighted by atomic mass is 16.6. The lowest BCUT2D eigenvalue weighted by atomic mass is 9.95. The molecule has 0 spiro atoms. The summed E-state index contributed by atoms with van der Waals surface area (Å²) in [5.74, 6) is 1.75. The van der Waals surface area contributed by atoms with Crippen LogP contribution in [0.1, 0.15) is 60.8 Å². The van der Waals surface area contributed by atoms with Gasteiger partial charge in [0, 0.05) is 17.6 Å². The Morgan fingerprint density at radius 1 is 0.706 bits per heavy atom. The van der Waals surface area contributed by atoms with Crippen LogP contribution >= 0.6 is 0 Å². The summed E-state index contributed by atoms with van der Waals surface area (Å²) in [6.45, 7) is 2.06. The molecule has 6 nitrogen and oxygen atoms in total. The number of pyridine rings is 1. The second-order valence-corrected chi connectivity index (χ2v) is 14.4. The lowest BCUT2D eigenvalue weighted by molar-refractivity contribution is 0.0755. The van der Waals surface area contributed by atoms with Gasteiger partial charge in [-0.25, -0.2) is 4.98 Å². The summed E-state index contributed by atoms with van der Waals surface area (Å²) in [5, 5.41) is 0. The van der Waals surface area contributed by atoms with Crippen molar-refractivity contribution < 1.29 is 18.9 Å². The fraction of sp³-hybridized carbons (Fsp3) is 0.311. The Hall–Kier alpha value is -4.75. The van der Waals surface area contributed by atoms with Crippen molar-refractivity contribution in [3.05, 3.63) is 150 Å². The lowest BCUT2D eigenvalue weighted by Gasteiger charge is -2.24. The molecule has 51 heavy (non-hydrogen) atoms. The first-order chi connectivity index (χ1) is 25.2. The highest BCUT2D eigenvalue weighted by Crippen LogP contribution is 2.50. The Labute approximate surface area is 300 Å². The van der Waals surface area contributed by atoms with Crippen LogP contribution in [0.15, 0.2) is 128 Å². The van der Waals surface area contributed by atoms with Gasteiger partial charge in [0.1, 0.15) is 29.4 Å². The van der Waals surface area contributed by atoms with Crippen LogP contribution in [0.5, 0.6) is 5.75 Å². The van der Waals surface area contributed by atoms with Crippen molar-refractivity contribution in [2.45, 2.75) is 68.4 Å². The summed E-state index contributed by atoms with van der Waals surface area (Å²) in [7, 11) is 0. The van der Waals surface area contributed by atoms with Crippen LogP contribution in [0.3, 0.4) is 0 Å². The molecule has 4 fully saturated rings. The highest BCUT2D eigenvalue weighted by molar-refractivity contribution is 5.91. The Balaban J connectivity index is 0.919. The molecule has 4 aliphatic rings. The van der Waals surface area contributed by atoms with E-state index in [1.54, 1.807) is 0 Å². The zero-order valence-corrected chi connectivity index (χ0v) is 29.0. The van der Waals surface area contributed by atoms with Gasteiger partial charge in [-0.15, -0.1) is 0 Å². The van der Waals surface area contributed by atoms with Crippen molar-refractivity contribution in [1.82, 2.24) is 4.98 Å². The van der Waals surface area contributed by atoms with Crippen LogP contribution in [-0.4, -0.2) is 48.2 Å². The number of anilines is 3. The molecular formula is C45H44N2O4. The molecular weight excluding hydrogens is 633 g/mol. The number of fused-ring (bicyclic) bond motifs is 2. The maximum atomic E-state index is 6.19. The molecule has 2 aliphatic carbocycles. The van der Waals surface area contributed by atoms with Crippen molar-refractivity contribution in [3.8, 4) is 5.75 Å². The molecule has 5 aromatic rings. The molecule has 9 rings (SSSR count). The minimum absolute atomic E-state index is 0.0324. The molecule has 1 aromatic heterocycles. The molecule has 3 heterocycles. The van der Waals surface area contributed by atoms with Gasteiger partial charge >= 0.3 is 0 Å². The Morgan fingerprint density at radius 3 is 1.98 bits per heavy atom. The second kappa shape index (κ2) is 13.8. The van der Waals surface area contributed by atoms with E-state index < -0.39 is 0 Å². The average Bonchev–Trinajstić information content (AvgIpc) is 3.96. The third kappa shape index (κ3) is 6.84. The maximum Gasteiger partial charge on any atom is 0.137 e. The minimum atomic E-state index is -0.0324. The largest absolute Gasteiger partial charge is 0.490 e. The van der Waals surface area contributed by atoms with E-state index in [0.29, 0.717) is 25.4 Å². The molecule has 258 valence electrons. The van der Waals surface area contributed by atoms with Crippen molar-refractivity contribution in [2.24, 2.45) is 0 Å². The van der Waals surface area contributed by atoms with Crippen molar-refractivity contribution in [2.75, 3.05) is 24.7 Å². The molecule has 0 radical (unpaired) electrons. The van der Waals surface area contributed by atoms with Crippen molar-refractivity contribution >= 4 is 28.8 Å². The maximum absolute atomic E-state index is 6.19. The molecule has 2 saturated heterocycles. The van der Waals surface area contributed by atoms with Gasteiger partial charge in [-0.05, 0) is 127 Å². The number of benzene rings is 4. The molecule has 6 heteroatoms. The van der Waals surface area contributed by atoms with Crippen molar-refractivity contribution in [3.63, 3.8) is 0 Å². The first-order valence-corrected chi connectivity index (χ1v) is 18.5. The third-order valence-corrected chi connectivity index (χ3v) is 11.1. The fourth-order valence-corrected chi connectivity index (χ4v) is 8.07. The van der Waals surface area contributed by atoms with Gasteiger partial charge in [-0.2, -0.15) is 0 Å². The predicted molar refractivity (Wildman–Crippen MR) is 202 cm³/mol. The monoisotopic (exact) mass is 676 g/mol. The first-order valence-electron chi connectivity index (χ1n) is 18.5. The number of ether oxygens (including phenoxy) is 4. The predicted octanol–water partition coefficient (Wildman–Crippen LogP) is 9.72. The van der Waals surface area contributed by atoms with Gasteiger partial charge < -0.3 is 18.9 Å². The minimum Gasteiger partial charge on any atom is -0.490 e. The van der Waals surface area contributed by atoms with Gasteiger partial charge in [-0.3, -0.25) is 4.90 Å². The van der Waals surface area contributed by atoms with E-state index in [-0.39, 0.29) is 11.2 Å². The van der Waals surface area contributed by atoms with E-state index in [2.05, 4.69) is 120 Å². The van der Waals surface area contributed by atoms with E-state index in [9.17, 15) is 0 Å². The molecule has 2 saturated carbocycles. The normalized spacial score (nSPS) is 24.5. The third-order valence-electron chi connectivity index (χ3n) is 11.1.